The Kier molecular flexibility index (Phi) is 5.63. The van der Waals surface area contributed by atoms with Crippen molar-refractivity contribution in [3.63, 3.8) is 0 Å². The average molecular weight is 418 g/mol. The molecule has 0 spiro atoms. The van der Waals surface area contributed by atoms with Gasteiger partial charge in [0.05, 0.1) is 36.2 Å². The number of hydrogen-bond acceptors (Lipinski definition) is 7. The van der Waals surface area contributed by atoms with Crippen LogP contribution in [-0.4, -0.2) is 71.4 Å². The van der Waals surface area contributed by atoms with Crippen LogP contribution in [0, 0.1) is 0 Å². The zero-order chi connectivity index (χ0) is 19.7. The van der Waals surface area contributed by atoms with Crippen molar-refractivity contribution >= 4 is 25.8 Å². The number of hydrogen-bond donors (Lipinski definition) is 1. The Hall–Kier alpha value is -1.85. The fourth-order valence-corrected chi connectivity index (χ4v) is 5.77. The summed E-state index contributed by atoms with van der Waals surface area (Å²) < 4.78 is 60.3. The van der Waals surface area contributed by atoms with Gasteiger partial charge in [-0.1, -0.05) is 0 Å². The van der Waals surface area contributed by atoms with Gasteiger partial charge in [0.15, 0.2) is 21.3 Å². The molecule has 1 saturated heterocycles. The molecule has 1 N–H and O–H groups in total. The summed E-state index contributed by atoms with van der Waals surface area (Å²) in [5.74, 6) is 0.204. The van der Waals surface area contributed by atoms with Gasteiger partial charge >= 0.3 is 0 Å². The van der Waals surface area contributed by atoms with E-state index >= 15 is 0 Å². The molecule has 1 aromatic rings. The van der Waals surface area contributed by atoms with E-state index in [2.05, 4.69) is 5.32 Å². The van der Waals surface area contributed by atoms with Crippen molar-refractivity contribution in [1.29, 1.82) is 0 Å². The van der Waals surface area contributed by atoms with Crippen LogP contribution in [0.25, 0.3) is 0 Å². The fraction of sp³-hybridized carbons (Fsp3) is 0.562. The number of rotatable bonds is 5. The van der Waals surface area contributed by atoms with Crippen molar-refractivity contribution in [2.24, 2.45) is 0 Å². The molecule has 9 nitrogen and oxygen atoms in total. The molecule has 27 heavy (non-hydrogen) atoms. The number of nitrogens with zero attached hydrogens (tertiary/aromatic N) is 1. The number of amides is 1. The summed E-state index contributed by atoms with van der Waals surface area (Å²) in [4.78, 5) is 12.1. The van der Waals surface area contributed by atoms with Crippen LogP contribution in [-0.2, 0) is 24.7 Å². The highest BCUT2D eigenvalue weighted by molar-refractivity contribution is 7.91. The Labute approximate surface area is 158 Å². The number of fused-ring (bicyclic) bond motifs is 1. The first-order chi connectivity index (χ1) is 12.7. The van der Waals surface area contributed by atoms with Crippen molar-refractivity contribution in [3.8, 4) is 11.5 Å². The zero-order valence-corrected chi connectivity index (χ0v) is 16.5. The van der Waals surface area contributed by atoms with E-state index < -0.39 is 38.4 Å². The summed E-state index contributed by atoms with van der Waals surface area (Å²) in [7, 11) is -5.75. The van der Waals surface area contributed by atoms with E-state index in [1.54, 1.807) is 0 Å². The average Bonchev–Trinajstić information content (AvgIpc) is 2.80. The first-order valence-corrected chi connectivity index (χ1v) is 11.8. The molecule has 2 heterocycles. The standard InChI is InChI=1S/C16H22N2O7S2/c1-18(10-16(19)17-12-5-8-26(20,21)11-12)27(22,23)13-3-4-14-15(9-13)25-7-2-6-24-14/h3-4,9,12H,2,5-8,10-11H2,1H3,(H,17,19)/t12-/m0/s1. The summed E-state index contributed by atoms with van der Waals surface area (Å²) in [6.07, 6.45) is 1.04. The van der Waals surface area contributed by atoms with Gasteiger partial charge in [-0.15, -0.1) is 0 Å². The molecule has 1 atom stereocenters. The summed E-state index contributed by atoms with van der Waals surface area (Å²) in [5, 5.41) is 2.58. The molecule has 0 bridgehead atoms. The van der Waals surface area contributed by atoms with Gasteiger partial charge in [-0.05, 0) is 18.6 Å². The molecule has 0 aromatic heterocycles. The van der Waals surface area contributed by atoms with Gasteiger partial charge in [-0.3, -0.25) is 4.79 Å². The predicted molar refractivity (Wildman–Crippen MR) is 97.1 cm³/mol. The van der Waals surface area contributed by atoms with Gasteiger partial charge in [0.1, 0.15) is 0 Å². The molecular formula is C16H22N2O7S2. The van der Waals surface area contributed by atoms with Crippen molar-refractivity contribution in [2.75, 3.05) is 38.3 Å². The molecule has 2 aliphatic rings. The Morgan fingerprint density at radius 3 is 2.63 bits per heavy atom. The number of sulfone groups is 1. The van der Waals surface area contributed by atoms with Crippen LogP contribution in [0.15, 0.2) is 23.1 Å². The SMILES string of the molecule is CN(CC(=O)N[C@H]1CCS(=O)(=O)C1)S(=O)(=O)c1ccc2c(c1)OCCCO2. The number of carbonyl (C=O) groups excluding carboxylic acids is 1. The number of ether oxygens (including phenoxy) is 2. The second-order valence-electron chi connectivity index (χ2n) is 6.59. The lowest BCUT2D eigenvalue weighted by molar-refractivity contribution is -0.121. The summed E-state index contributed by atoms with van der Waals surface area (Å²) in [6, 6.07) is 3.84. The summed E-state index contributed by atoms with van der Waals surface area (Å²) in [5.41, 5.74) is 0. The zero-order valence-electron chi connectivity index (χ0n) is 14.9. The summed E-state index contributed by atoms with van der Waals surface area (Å²) >= 11 is 0. The van der Waals surface area contributed by atoms with Gasteiger partial charge < -0.3 is 14.8 Å². The smallest absolute Gasteiger partial charge is 0.243 e. The maximum Gasteiger partial charge on any atom is 0.243 e. The van der Waals surface area contributed by atoms with Gasteiger partial charge in [0.2, 0.25) is 15.9 Å². The molecule has 1 amide bonds. The van der Waals surface area contributed by atoms with Gasteiger partial charge in [0.25, 0.3) is 0 Å². The Balaban J connectivity index is 1.67. The molecule has 0 saturated carbocycles. The van der Waals surface area contributed by atoms with Crippen molar-refractivity contribution in [3.05, 3.63) is 18.2 Å². The van der Waals surface area contributed by atoms with E-state index in [9.17, 15) is 21.6 Å². The lowest BCUT2D eigenvalue weighted by Gasteiger charge is -2.19. The van der Waals surface area contributed by atoms with Crippen molar-refractivity contribution in [2.45, 2.75) is 23.8 Å². The molecule has 11 heteroatoms. The van der Waals surface area contributed by atoms with Crippen LogP contribution in [0.5, 0.6) is 11.5 Å². The van der Waals surface area contributed by atoms with Crippen LogP contribution in [0.1, 0.15) is 12.8 Å². The number of likely N-dealkylation sites (N-methyl/N-ethyl adjacent to an activating group) is 1. The molecule has 0 unspecified atom stereocenters. The second-order valence-corrected chi connectivity index (χ2v) is 10.9. The quantitative estimate of drug-likeness (QED) is 0.702. The van der Waals surface area contributed by atoms with Crippen molar-refractivity contribution < 1.29 is 31.1 Å². The topological polar surface area (TPSA) is 119 Å². The van der Waals surface area contributed by atoms with E-state index in [0.717, 1.165) is 4.31 Å². The molecule has 2 aliphatic heterocycles. The van der Waals surface area contributed by atoms with E-state index in [4.69, 9.17) is 9.47 Å². The van der Waals surface area contributed by atoms with E-state index in [-0.39, 0.29) is 16.4 Å². The van der Waals surface area contributed by atoms with Crippen LogP contribution in [0.3, 0.4) is 0 Å². The Bertz CT molecular complexity index is 928. The molecule has 0 aliphatic carbocycles. The molecule has 1 fully saturated rings. The highest BCUT2D eigenvalue weighted by atomic mass is 32.2. The van der Waals surface area contributed by atoms with E-state index in [1.807, 2.05) is 0 Å². The Morgan fingerprint density at radius 1 is 1.26 bits per heavy atom. The molecule has 150 valence electrons. The third-order valence-corrected chi connectivity index (χ3v) is 7.96. The third-order valence-electron chi connectivity index (χ3n) is 4.39. The minimum atomic E-state index is -3.92. The Morgan fingerprint density at radius 2 is 1.96 bits per heavy atom. The molecule has 3 rings (SSSR count). The molecule has 0 radical (unpaired) electrons. The van der Waals surface area contributed by atoms with Crippen molar-refractivity contribution in [1.82, 2.24) is 9.62 Å². The van der Waals surface area contributed by atoms with Gasteiger partial charge in [0, 0.05) is 25.6 Å². The lowest BCUT2D eigenvalue weighted by atomic mass is 10.2. The van der Waals surface area contributed by atoms with Crippen LogP contribution < -0.4 is 14.8 Å². The first kappa shape index (κ1) is 19.9. The molecular weight excluding hydrogens is 396 g/mol. The monoisotopic (exact) mass is 418 g/mol. The van der Waals surface area contributed by atoms with E-state index in [0.29, 0.717) is 37.6 Å². The highest BCUT2D eigenvalue weighted by Crippen LogP contribution is 2.32. The maximum absolute atomic E-state index is 12.7. The van der Waals surface area contributed by atoms with Crippen LogP contribution in [0.2, 0.25) is 0 Å². The third kappa shape index (κ3) is 4.71. The minimum absolute atomic E-state index is 0.00880. The molecule has 1 aromatic carbocycles. The number of sulfonamides is 1. The first-order valence-electron chi connectivity index (χ1n) is 8.53. The minimum Gasteiger partial charge on any atom is -0.490 e. The fourth-order valence-electron chi connectivity index (χ4n) is 2.95. The predicted octanol–water partition coefficient (Wildman–Crippen LogP) is -0.228. The maximum atomic E-state index is 12.7. The van der Waals surface area contributed by atoms with Gasteiger partial charge in [-0.25, -0.2) is 16.8 Å². The van der Waals surface area contributed by atoms with Crippen LogP contribution >= 0.6 is 0 Å². The lowest BCUT2D eigenvalue weighted by Crippen LogP contribution is -2.43. The normalized spacial score (nSPS) is 21.6. The summed E-state index contributed by atoms with van der Waals surface area (Å²) in [6.45, 7) is 0.516. The number of nitrogens with one attached hydrogen (secondary N) is 1. The van der Waals surface area contributed by atoms with E-state index in [1.165, 1.54) is 25.2 Å². The number of benzene rings is 1. The van der Waals surface area contributed by atoms with Gasteiger partial charge in [-0.2, -0.15) is 4.31 Å². The second kappa shape index (κ2) is 7.64. The van der Waals surface area contributed by atoms with Crippen LogP contribution in [0.4, 0.5) is 0 Å². The largest absolute Gasteiger partial charge is 0.490 e. The number of carbonyl (C=O) groups is 1. The highest BCUT2D eigenvalue weighted by Gasteiger charge is 2.30.